The molecule has 1 aromatic rings. The van der Waals surface area contributed by atoms with Gasteiger partial charge in [0.05, 0.1) is 0 Å². The minimum atomic E-state index is -0.0631. The Morgan fingerprint density at radius 2 is 1.82 bits per heavy atom. The van der Waals surface area contributed by atoms with Crippen LogP contribution in [0.3, 0.4) is 0 Å². The van der Waals surface area contributed by atoms with Gasteiger partial charge in [0.15, 0.2) is 11.5 Å². The van der Waals surface area contributed by atoms with Gasteiger partial charge >= 0.3 is 0 Å². The van der Waals surface area contributed by atoms with E-state index in [1.54, 1.807) is 17.1 Å². The summed E-state index contributed by atoms with van der Waals surface area (Å²) >= 11 is 0. The maximum atomic E-state index is 12.6. The number of ether oxygens (including phenoxy) is 2. The lowest BCUT2D eigenvalue weighted by Crippen LogP contribution is -2.39. The van der Waals surface area contributed by atoms with Crippen molar-refractivity contribution in [2.24, 2.45) is 0 Å². The molecule has 7 heteroatoms. The van der Waals surface area contributed by atoms with Crippen molar-refractivity contribution in [3.63, 3.8) is 0 Å². The average molecular weight is 385 g/mol. The quantitative estimate of drug-likeness (QED) is 0.721. The number of amides is 2. The summed E-state index contributed by atoms with van der Waals surface area (Å²) in [5.74, 6) is 1.51. The summed E-state index contributed by atoms with van der Waals surface area (Å²) in [5.41, 5.74) is 0.885. The number of fused-ring (bicyclic) bond motifs is 1. The van der Waals surface area contributed by atoms with E-state index in [4.69, 9.17) is 9.47 Å². The van der Waals surface area contributed by atoms with Crippen LogP contribution in [0, 0.1) is 0 Å². The Hall–Kier alpha value is -2.54. The number of rotatable bonds is 5. The summed E-state index contributed by atoms with van der Waals surface area (Å²) in [6, 6.07) is 5.59. The molecule has 0 bridgehead atoms. The van der Waals surface area contributed by atoms with Gasteiger partial charge in [-0.05, 0) is 49.7 Å². The van der Waals surface area contributed by atoms with Gasteiger partial charge in [0, 0.05) is 45.2 Å². The SMILES string of the molecule is O=C(C=Cc1ccc2c(c1)OCO2)N1CCC(=O)N(CCN2CCCC2)CC1. The lowest BCUT2D eigenvalue weighted by atomic mass is 10.2. The molecule has 0 radical (unpaired) electrons. The molecule has 0 atom stereocenters. The van der Waals surface area contributed by atoms with Crippen LogP contribution in [0.25, 0.3) is 6.08 Å². The highest BCUT2D eigenvalue weighted by atomic mass is 16.7. The zero-order valence-electron chi connectivity index (χ0n) is 16.1. The van der Waals surface area contributed by atoms with Gasteiger partial charge in [-0.1, -0.05) is 6.07 Å². The number of nitrogens with zero attached hydrogens (tertiary/aromatic N) is 3. The molecule has 28 heavy (non-hydrogen) atoms. The lowest BCUT2D eigenvalue weighted by Gasteiger charge is -2.24. The first kappa shape index (κ1) is 18.8. The molecule has 0 aliphatic carbocycles. The van der Waals surface area contributed by atoms with E-state index in [1.165, 1.54) is 12.8 Å². The van der Waals surface area contributed by atoms with Crippen molar-refractivity contribution in [1.82, 2.24) is 14.7 Å². The second-order valence-electron chi connectivity index (χ2n) is 7.45. The van der Waals surface area contributed by atoms with E-state index >= 15 is 0 Å². The van der Waals surface area contributed by atoms with Crippen molar-refractivity contribution in [3.8, 4) is 11.5 Å². The molecular formula is C21H27N3O4. The Morgan fingerprint density at radius 3 is 2.68 bits per heavy atom. The molecule has 1 aromatic carbocycles. The zero-order chi connectivity index (χ0) is 19.3. The predicted octanol–water partition coefficient (Wildman–Crippen LogP) is 1.59. The zero-order valence-corrected chi connectivity index (χ0v) is 16.1. The third kappa shape index (κ3) is 4.47. The first-order chi connectivity index (χ1) is 13.7. The largest absolute Gasteiger partial charge is 0.454 e. The summed E-state index contributed by atoms with van der Waals surface area (Å²) in [6.07, 6.45) is 6.26. The molecule has 4 rings (SSSR count). The number of hydrogen-bond acceptors (Lipinski definition) is 5. The Kier molecular flexibility index (Phi) is 5.81. The van der Waals surface area contributed by atoms with Crippen molar-refractivity contribution in [2.45, 2.75) is 19.3 Å². The van der Waals surface area contributed by atoms with E-state index in [0.717, 1.165) is 37.5 Å². The van der Waals surface area contributed by atoms with Gasteiger partial charge in [-0.25, -0.2) is 0 Å². The van der Waals surface area contributed by atoms with Gasteiger partial charge < -0.3 is 24.2 Å². The fraction of sp³-hybridized carbons (Fsp3) is 0.524. The van der Waals surface area contributed by atoms with E-state index in [-0.39, 0.29) is 18.6 Å². The average Bonchev–Trinajstić information content (AvgIpc) is 3.35. The first-order valence-corrected chi connectivity index (χ1v) is 10.1. The molecule has 3 aliphatic heterocycles. The number of carbonyl (C=O) groups is 2. The minimum absolute atomic E-state index is 0.0631. The first-order valence-electron chi connectivity index (χ1n) is 10.1. The van der Waals surface area contributed by atoms with Crippen molar-refractivity contribution < 1.29 is 19.1 Å². The van der Waals surface area contributed by atoms with Crippen LogP contribution in [0.4, 0.5) is 0 Å². The Morgan fingerprint density at radius 1 is 1.00 bits per heavy atom. The fourth-order valence-corrected chi connectivity index (χ4v) is 3.88. The second-order valence-corrected chi connectivity index (χ2v) is 7.45. The maximum Gasteiger partial charge on any atom is 0.246 e. The second kappa shape index (κ2) is 8.65. The van der Waals surface area contributed by atoms with E-state index in [1.807, 2.05) is 23.1 Å². The van der Waals surface area contributed by atoms with Crippen LogP contribution in [0.5, 0.6) is 11.5 Å². The lowest BCUT2D eigenvalue weighted by molar-refractivity contribution is -0.130. The van der Waals surface area contributed by atoms with E-state index in [0.29, 0.717) is 31.8 Å². The van der Waals surface area contributed by atoms with Gasteiger partial charge in [0.25, 0.3) is 0 Å². The molecule has 150 valence electrons. The summed E-state index contributed by atoms with van der Waals surface area (Å²) < 4.78 is 10.7. The van der Waals surface area contributed by atoms with Crippen LogP contribution in [-0.4, -0.2) is 79.1 Å². The van der Waals surface area contributed by atoms with Crippen LogP contribution >= 0.6 is 0 Å². The van der Waals surface area contributed by atoms with E-state index in [9.17, 15) is 9.59 Å². The van der Waals surface area contributed by atoms with Gasteiger partial charge in [0.1, 0.15) is 0 Å². The number of likely N-dealkylation sites (tertiary alicyclic amines) is 1. The third-order valence-corrected chi connectivity index (χ3v) is 5.60. The third-order valence-electron chi connectivity index (χ3n) is 5.60. The highest BCUT2D eigenvalue weighted by Gasteiger charge is 2.23. The van der Waals surface area contributed by atoms with Crippen LogP contribution in [0.15, 0.2) is 24.3 Å². The fourth-order valence-electron chi connectivity index (χ4n) is 3.88. The van der Waals surface area contributed by atoms with Crippen LogP contribution < -0.4 is 9.47 Å². The molecule has 0 spiro atoms. The van der Waals surface area contributed by atoms with Gasteiger partial charge in [0.2, 0.25) is 18.6 Å². The van der Waals surface area contributed by atoms with Crippen molar-refractivity contribution in [3.05, 3.63) is 29.8 Å². The number of benzene rings is 1. The predicted molar refractivity (Wildman–Crippen MR) is 105 cm³/mol. The van der Waals surface area contributed by atoms with Gasteiger partial charge in [-0.2, -0.15) is 0 Å². The molecule has 0 saturated carbocycles. The molecule has 7 nitrogen and oxygen atoms in total. The molecule has 2 fully saturated rings. The van der Waals surface area contributed by atoms with Gasteiger partial charge in [-0.3, -0.25) is 9.59 Å². The minimum Gasteiger partial charge on any atom is -0.454 e. The Balaban J connectivity index is 1.30. The molecule has 0 unspecified atom stereocenters. The molecule has 0 N–H and O–H groups in total. The summed E-state index contributed by atoms with van der Waals surface area (Å²) in [4.78, 5) is 31.1. The molecule has 2 saturated heterocycles. The molecule has 3 aliphatic rings. The topological polar surface area (TPSA) is 62.3 Å². The van der Waals surface area contributed by atoms with Crippen LogP contribution in [-0.2, 0) is 9.59 Å². The molecular weight excluding hydrogens is 358 g/mol. The van der Waals surface area contributed by atoms with Crippen LogP contribution in [0.2, 0.25) is 0 Å². The van der Waals surface area contributed by atoms with E-state index in [2.05, 4.69) is 4.90 Å². The van der Waals surface area contributed by atoms with E-state index < -0.39 is 0 Å². The molecule has 0 aromatic heterocycles. The normalized spacial score (nSPS) is 20.2. The van der Waals surface area contributed by atoms with Crippen LogP contribution in [0.1, 0.15) is 24.8 Å². The van der Waals surface area contributed by atoms with Crippen molar-refractivity contribution in [2.75, 3.05) is 52.6 Å². The van der Waals surface area contributed by atoms with Crippen molar-refractivity contribution in [1.29, 1.82) is 0 Å². The maximum absolute atomic E-state index is 12.6. The number of hydrogen-bond donors (Lipinski definition) is 0. The summed E-state index contributed by atoms with van der Waals surface area (Å²) in [5, 5.41) is 0. The monoisotopic (exact) mass is 385 g/mol. The summed E-state index contributed by atoms with van der Waals surface area (Å²) in [6.45, 7) is 5.86. The standard InChI is InChI=1S/C21H27N3O4/c25-20(6-4-17-3-5-18-19(15-17)28-16-27-18)23-10-7-21(26)24(14-13-23)12-11-22-8-1-2-9-22/h3-6,15H,1-2,7-14,16H2. The summed E-state index contributed by atoms with van der Waals surface area (Å²) in [7, 11) is 0. The Labute approximate surface area is 165 Å². The molecule has 2 amide bonds. The Bertz CT molecular complexity index is 758. The smallest absolute Gasteiger partial charge is 0.246 e. The number of carbonyl (C=O) groups excluding carboxylic acids is 2. The molecule has 3 heterocycles. The van der Waals surface area contributed by atoms with Gasteiger partial charge in [-0.15, -0.1) is 0 Å². The van der Waals surface area contributed by atoms with Crippen molar-refractivity contribution >= 4 is 17.9 Å². The highest BCUT2D eigenvalue weighted by molar-refractivity contribution is 5.92. The highest BCUT2D eigenvalue weighted by Crippen LogP contribution is 2.32.